The lowest BCUT2D eigenvalue weighted by Gasteiger charge is -2.28. The van der Waals surface area contributed by atoms with Crippen molar-refractivity contribution in [1.29, 1.82) is 0 Å². The summed E-state index contributed by atoms with van der Waals surface area (Å²) in [5, 5.41) is 21.1. The minimum absolute atomic E-state index is 0.0755. The zero-order chi connectivity index (χ0) is 31.8. The molecule has 0 aliphatic carbocycles. The fraction of sp³-hybridized carbons (Fsp3) is 0.533. The Morgan fingerprint density at radius 1 is 1.05 bits per heavy atom. The summed E-state index contributed by atoms with van der Waals surface area (Å²) in [6, 6.07) is 2.62. The monoisotopic (exact) mass is 611 g/mol. The number of likely N-dealkylation sites (tertiary alicyclic amines) is 1. The van der Waals surface area contributed by atoms with E-state index in [4.69, 9.17) is 5.73 Å². The van der Waals surface area contributed by atoms with Crippen molar-refractivity contribution in [2.24, 2.45) is 5.73 Å². The maximum atomic E-state index is 13.7. The molecule has 14 heteroatoms. The van der Waals surface area contributed by atoms with Gasteiger partial charge in [0.1, 0.15) is 30.2 Å². The number of unbranched alkanes of at least 4 members (excludes halogenated alkanes) is 1. The maximum Gasteiger partial charge on any atom is 0.326 e. The summed E-state index contributed by atoms with van der Waals surface area (Å²) in [6.45, 7) is 2.16. The minimum atomic E-state index is -1.13. The van der Waals surface area contributed by atoms with Gasteiger partial charge in [-0.05, 0) is 63.6 Å². The molecule has 44 heavy (non-hydrogen) atoms. The molecule has 2 fully saturated rings. The first kappa shape index (κ1) is 32.5. The van der Waals surface area contributed by atoms with E-state index in [9.17, 15) is 33.9 Å². The van der Waals surface area contributed by atoms with Crippen LogP contribution in [0.4, 0.5) is 0 Å². The number of rotatable bonds is 14. The Morgan fingerprint density at radius 2 is 1.80 bits per heavy atom. The third kappa shape index (κ3) is 7.92. The van der Waals surface area contributed by atoms with E-state index in [1.807, 2.05) is 24.3 Å². The van der Waals surface area contributed by atoms with E-state index in [1.165, 1.54) is 11.8 Å². The van der Waals surface area contributed by atoms with Crippen molar-refractivity contribution in [3.05, 3.63) is 36.0 Å². The van der Waals surface area contributed by atoms with Crippen molar-refractivity contribution in [2.75, 3.05) is 13.1 Å². The summed E-state index contributed by atoms with van der Waals surface area (Å²) >= 11 is 0. The largest absolute Gasteiger partial charge is 0.480 e. The number of nitrogens with two attached hydrogens (primary N) is 1. The van der Waals surface area contributed by atoms with Gasteiger partial charge in [0.25, 0.3) is 0 Å². The summed E-state index contributed by atoms with van der Waals surface area (Å²) in [7, 11) is 0. The second kappa shape index (κ2) is 14.8. The molecule has 238 valence electrons. The number of para-hydroxylation sites is 1. The first-order chi connectivity index (χ1) is 21.1. The number of benzene rings is 1. The number of carboxylic acids is 1. The molecule has 0 bridgehead atoms. The van der Waals surface area contributed by atoms with Gasteiger partial charge in [-0.2, -0.15) is 0 Å². The van der Waals surface area contributed by atoms with Crippen LogP contribution >= 0.6 is 0 Å². The topological polar surface area (TPSA) is 216 Å². The highest BCUT2D eigenvalue weighted by atomic mass is 16.4. The maximum absolute atomic E-state index is 13.7. The van der Waals surface area contributed by atoms with Crippen LogP contribution in [0.2, 0.25) is 0 Å². The molecule has 2 aliphatic rings. The molecule has 2 aliphatic heterocycles. The Bertz CT molecular complexity index is 1390. The van der Waals surface area contributed by atoms with Crippen molar-refractivity contribution in [1.82, 2.24) is 31.2 Å². The molecule has 0 spiro atoms. The van der Waals surface area contributed by atoms with Crippen LogP contribution in [-0.2, 0) is 35.2 Å². The van der Waals surface area contributed by atoms with Gasteiger partial charge in [-0.1, -0.05) is 18.2 Å². The van der Waals surface area contributed by atoms with Crippen LogP contribution in [0.15, 0.2) is 30.5 Å². The van der Waals surface area contributed by atoms with Crippen molar-refractivity contribution in [2.45, 2.75) is 88.5 Å². The van der Waals surface area contributed by atoms with Gasteiger partial charge in [0.05, 0.1) is 0 Å². The van der Waals surface area contributed by atoms with Gasteiger partial charge in [-0.15, -0.1) is 0 Å². The van der Waals surface area contributed by atoms with Crippen molar-refractivity contribution in [3.63, 3.8) is 0 Å². The molecule has 1 aromatic heterocycles. The van der Waals surface area contributed by atoms with Crippen molar-refractivity contribution < 1.29 is 33.9 Å². The van der Waals surface area contributed by atoms with E-state index in [2.05, 4.69) is 26.3 Å². The first-order valence-corrected chi connectivity index (χ1v) is 15.1. The van der Waals surface area contributed by atoms with E-state index in [0.29, 0.717) is 38.6 Å². The standard InChI is InChI=1S/C30H41N7O7/c1-17(29(42)37-14-6-10-24(37)30(43)44)33-28(41)23(15-18-16-32-20-8-3-2-7-19(18)20)36-26(39)21(9-4-5-13-31)35-27(40)22-11-12-25(38)34-22/h2-3,7-8,16-17,21-24,32H,4-6,9-15,31H2,1H3,(H,33,41)(H,34,38)(H,35,40)(H,36,39)(H,43,44)/t17-,21-,22-,23-,24-/m0/s1. The van der Waals surface area contributed by atoms with Crippen LogP contribution in [0.5, 0.6) is 0 Å². The fourth-order valence-electron chi connectivity index (χ4n) is 5.76. The van der Waals surface area contributed by atoms with Gasteiger partial charge in [-0.25, -0.2) is 4.79 Å². The number of fused-ring (bicyclic) bond motifs is 1. The van der Waals surface area contributed by atoms with Crippen LogP contribution in [-0.4, -0.2) is 93.8 Å². The third-order valence-electron chi connectivity index (χ3n) is 8.17. The number of aromatic nitrogens is 1. The molecule has 0 radical (unpaired) electrons. The summed E-state index contributed by atoms with van der Waals surface area (Å²) in [5.74, 6) is -3.57. The van der Waals surface area contributed by atoms with Gasteiger partial charge < -0.3 is 42.0 Å². The minimum Gasteiger partial charge on any atom is -0.480 e. The molecule has 3 heterocycles. The molecular weight excluding hydrogens is 570 g/mol. The summed E-state index contributed by atoms with van der Waals surface area (Å²) in [6.07, 6.45) is 4.66. The predicted molar refractivity (Wildman–Crippen MR) is 160 cm³/mol. The Kier molecular flexibility index (Phi) is 10.9. The average molecular weight is 612 g/mol. The van der Waals surface area contributed by atoms with E-state index in [0.717, 1.165) is 16.5 Å². The molecule has 5 amide bonds. The number of carbonyl (C=O) groups is 6. The average Bonchev–Trinajstić information content (AvgIpc) is 3.76. The van der Waals surface area contributed by atoms with Crippen LogP contribution in [0, 0.1) is 0 Å². The highest BCUT2D eigenvalue weighted by Crippen LogP contribution is 2.21. The molecule has 2 saturated heterocycles. The van der Waals surface area contributed by atoms with E-state index < -0.39 is 59.8 Å². The van der Waals surface area contributed by atoms with Crippen LogP contribution in [0.1, 0.15) is 57.4 Å². The third-order valence-corrected chi connectivity index (χ3v) is 8.17. The lowest BCUT2D eigenvalue weighted by Crippen LogP contribution is -2.58. The fourth-order valence-corrected chi connectivity index (χ4v) is 5.76. The molecule has 0 unspecified atom stereocenters. The smallest absolute Gasteiger partial charge is 0.326 e. The van der Waals surface area contributed by atoms with Gasteiger partial charge in [0, 0.05) is 36.5 Å². The van der Waals surface area contributed by atoms with Gasteiger partial charge >= 0.3 is 5.97 Å². The van der Waals surface area contributed by atoms with Crippen LogP contribution < -0.4 is 27.0 Å². The molecule has 0 saturated carbocycles. The molecule has 1 aromatic carbocycles. The number of nitrogens with zero attached hydrogens (tertiary/aromatic N) is 1. The Morgan fingerprint density at radius 3 is 2.50 bits per heavy atom. The SMILES string of the molecule is C[C@H](NC(=O)[C@H](Cc1c[nH]c2ccccc12)NC(=O)[C@H](CCCCN)NC(=O)[C@@H]1CCC(=O)N1)C(=O)N1CCC[C@H]1C(=O)O. The number of H-pyrrole nitrogens is 1. The number of aromatic amines is 1. The number of nitrogens with one attached hydrogen (secondary N) is 5. The lowest BCUT2D eigenvalue weighted by molar-refractivity contribution is -0.149. The van der Waals surface area contributed by atoms with E-state index >= 15 is 0 Å². The van der Waals surface area contributed by atoms with Gasteiger partial charge in [0.2, 0.25) is 29.5 Å². The number of hydrogen-bond acceptors (Lipinski definition) is 7. The van der Waals surface area contributed by atoms with E-state index in [1.54, 1.807) is 6.20 Å². The van der Waals surface area contributed by atoms with Gasteiger partial charge in [0.15, 0.2) is 0 Å². The highest BCUT2D eigenvalue weighted by Gasteiger charge is 2.37. The molecule has 2 aromatic rings. The summed E-state index contributed by atoms with van der Waals surface area (Å²) in [4.78, 5) is 81.0. The Balaban J connectivity index is 1.52. The molecular formula is C30H41N7O7. The summed E-state index contributed by atoms with van der Waals surface area (Å²) < 4.78 is 0. The quantitative estimate of drug-likeness (QED) is 0.140. The second-order valence-electron chi connectivity index (χ2n) is 11.4. The van der Waals surface area contributed by atoms with E-state index in [-0.39, 0.29) is 31.7 Å². The number of carboxylic acid groups (broad SMARTS) is 1. The predicted octanol–water partition coefficient (Wildman–Crippen LogP) is -0.332. The van der Waals surface area contributed by atoms with Gasteiger partial charge in [-0.3, -0.25) is 24.0 Å². The molecule has 4 rings (SSSR count). The summed E-state index contributed by atoms with van der Waals surface area (Å²) in [5.41, 5.74) is 7.23. The van der Waals surface area contributed by atoms with Crippen LogP contribution in [0.3, 0.4) is 0 Å². The Hall–Kier alpha value is -4.46. The lowest BCUT2D eigenvalue weighted by atomic mass is 10.0. The molecule has 5 atom stereocenters. The number of amides is 5. The first-order valence-electron chi connectivity index (χ1n) is 15.1. The normalized spacial score (nSPS) is 20.0. The van der Waals surface area contributed by atoms with Crippen molar-refractivity contribution in [3.8, 4) is 0 Å². The number of aliphatic carboxylic acids is 1. The number of hydrogen-bond donors (Lipinski definition) is 7. The highest BCUT2D eigenvalue weighted by molar-refractivity contribution is 5.97. The second-order valence-corrected chi connectivity index (χ2v) is 11.4. The van der Waals surface area contributed by atoms with Crippen molar-refractivity contribution >= 4 is 46.4 Å². The number of carbonyl (C=O) groups excluding carboxylic acids is 5. The molecule has 8 N–H and O–H groups in total. The van der Waals surface area contributed by atoms with Crippen LogP contribution in [0.25, 0.3) is 10.9 Å². The zero-order valence-electron chi connectivity index (χ0n) is 24.8. The Labute approximate surface area is 254 Å². The molecule has 14 nitrogen and oxygen atoms in total. The zero-order valence-corrected chi connectivity index (χ0v) is 24.8.